The Morgan fingerprint density at radius 1 is 1.77 bits per heavy atom. The zero-order valence-corrected chi connectivity index (χ0v) is 7.58. The lowest BCUT2D eigenvalue weighted by atomic mass is 10.7. The van der Waals surface area contributed by atoms with Crippen LogP contribution in [-0.2, 0) is 0 Å². The third-order valence-electron chi connectivity index (χ3n) is 1.52. The summed E-state index contributed by atoms with van der Waals surface area (Å²) in [6.07, 6.45) is 2.06. The molecule has 1 radical (unpaired) electrons. The highest BCUT2D eigenvalue weighted by Gasteiger charge is 2.43. The van der Waals surface area contributed by atoms with E-state index < -0.39 is 0 Å². The standard InChI is InChI=1S/C6H5N5OS/c1-5-9-6(12-10-5)11(2-7)3-8-4-13-11/h3H2,1H3/q+1. The van der Waals surface area contributed by atoms with E-state index in [1.807, 2.05) is 0 Å². The SMILES string of the molecule is Cc1noc([N+]2(C#N)CN=[C]S2)n1. The van der Waals surface area contributed by atoms with Crippen LogP contribution in [0.1, 0.15) is 5.82 Å². The maximum atomic E-state index is 8.95. The molecule has 0 N–H and O–H groups in total. The second kappa shape index (κ2) is 2.83. The van der Waals surface area contributed by atoms with Crippen LogP contribution in [0.3, 0.4) is 0 Å². The molecule has 0 saturated carbocycles. The van der Waals surface area contributed by atoms with Crippen molar-refractivity contribution in [1.29, 1.82) is 5.26 Å². The van der Waals surface area contributed by atoms with Gasteiger partial charge in [0.15, 0.2) is 23.3 Å². The molecule has 65 valence electrons. The lowest BCUT2D eigenvalue weighted by Crippen LogP contribution is -2.34. The highest BCUT2D eigenvalue weighted by molar-refractivity contribution is 8.12. The van der Waals surface area contributed by atoms with Gasteiger partial charge in [-0.15, -0.1) is 10.2 Å². The van der Waals surface area contributed by atoms with E-state index in [-0.39, 0.29) is 16.6 Å². The predicted molar refractivity (Wildman–Crippen MR) is 46.3 cm³/mol. The van der Waals surface area contributed by atoms with Crippen molar-refractivity contribution in [2.45, 2.75) is 6.92 Å². The Morgan fingerprint density at radius 3 is 3.08 bits per heavy atom. The summed E-state index contributed by atoms with van der Waals surface area (Å²) in [4.78, 5) is 7.82. The lowest BCUT2D eigenvalue weighted by molar-refractivity contribution is 0.370. The van der Waals surface area contributed by atoms with Crippen LogP contribution in [0.15, 0.2) is 9.52 Å². The fourth-order valence-electron chi connectivity index (χ4n) is 0.883. The summed E-state index contributed by atoms with van der Waals surface area (Å²) in [7, 11) is 0. The van der Waals surface area contributed by atoms with E-state index in [1.165, 1.54) is 0 Å². The number of hydrogen-bond donors (Lipinski definition) is 0. The average molecular weight is 195 g/mol. The second-order valence-corrected chi connectivity index (χ2v) is 3.43. The molecule has 2 heterocycles. The third kappa shape index (κ3) is 1.20. The van der Waals surface area contributed by atoms with Gasteiger partial charge in [-0.05, 0) is 6.92 Å². The number of aliphatic imine (C=N–C) groups is 1. The molecule has 0 spiro atoms. The van der Waals surface area contributed by atoms with Crippen LogP contribution in [-0.4, -0.2) is 22.4 Å². The molecule has 7 heteroatoms. The number of nitriles is 1. The van der Waals surface area contributed by atoms with E-state index in [0.29, 0.717) is 5.82 Å². The monoisotopic (exact) mass is 195 g/mol. The Labute approximate surface area is 78.6 Å². The van der Waals surface area contributed by atoms with Crippen LogP contribution in [0.5, 0.6) is 0 Å². The molecule has 6 nitrogen and oxygen atoms in total. The summed E-state index contributed by atoms with van der Waals surface area (Å²) in [5.41, 5.74) is 2.64. The minimum absolute atomic E-state index is 0.166. The summed E-state index contributed by atoms with van der Waals surface area (Å²) in [6, 6.07) is 0.249. The topological polar surface area (TPSA) is 75.1 Å². The highest BCUT2D eigenvalue weighted by Crippen LogP contribution is 2.31. The Balaban J connectivity index is 2.39. The molecular weight excluding hydrogens is 190 g/mol. The molecule has 13 heavy (non-hydrogen) atoms. The van der Waals surface area contributed by atoms with Crippen LogP contribution >= 0.6 is 11.9 Å². The van der Waals surface area contributed by atoms with Gasteiger partial charge in [0.1, 0.15) is 0 Å². The number of rotatable bonds is 1. The second-order valence-electron chi connectivity index (χ2n) is 2.45. The summed E-state index contributed by atoms with van der Waals surface area (Å²) in [5.74, 6) is 0.509. The molecule has 0 aromatic carbocycles. The summed E-state index contributed by atoms with van der Waals surface area (Å²) in [5, 5.41) is 12.6. The fourth-order valence-corrected chi connectivity index (χ4v) is 1.45. The maximum Gasteiger partial charge on any atom is 0.456 e. The Morgan fingerprint density at radius 2 is 2.62 bits per heavy atom. The van der Waals surface area contributed by atoms with Gasteiger partial charge in [0, 0.05) is 0 Å². The van der Waals surface area contributed by atoms with Crippen molar-refractivity contribution in [1.82, 2.24) is 14.0 Å². The minimum Gasteiger partial charge on any atom is -0.281 e. The van der Waals surface area contributed by atoms with Gasteiger partial charge in [0.05, 0.1) is 0 Å². The first kappa shape index (κ1) is 8.22. The van der Waals surface area contributed by atoms with Crippen molar-refractivity contribution in [3.05, 3.63) is 5.82 Å². The summed E-state index contributed by atoms with van der Waals surface area (Å²) >= 11 is 1.12. The van der Waals surface area contributed by atoms with E-state index in [9.17, 15) is 0 Å². The highest BCUT2D eigenvalue weighted by atomic mass is 32.2. The van der Waals surface area contributed by atoms with Crippen molar-refractivity contribution < 1.29 is 4.52 Å². The van der Waals surface area contributed by atoms with Crippen molar-refractivity contribution in [3.63, 3.8) is 0 Å². The molecule has 0 fully saturated rings. The van der Waals surface area contributed by atoms with Gasteiger partial charge < -0.3 is 0 Å². The third-order valence-corrected chi connectivity index (χ3v) is 2.39. The summed E-state index contributed by atoms with van der Waals surface area (Å²) < 4.78 is 4.74. The first-order valence-electron chi connectivity index (χ1n) is 3.47. The number of aryl methyl sites for hydroxylation is 1. The molecule has 1 aromatic heterocycles. The smallest absolute Gasteiger partial charge is 0.281 e. The molecule has 0 amide bonds. The Hall–Kier alpha value is -1.39. The van der Waals surface area contributed by atoms with E-state index in [4.69, 9.17) is 9.78 Å². The Kier molecular flexibility index (Phi) is 1.79. The number of aromatic nitrogens is 2. The molecule has 1 aliphatic heterocycles. The quantitative estimate of drug-likeness (QED) is 0.374. The van der Waals surface area contributed by atoms with Crippen molar-refractivity contribution >= 4 is 23.5 Å². The molecule has 2 rings (SSSR count). The van der Waals surface area contributed by atoms with Crippen LogP contribution in [0.4, 0.5) is 6.01 Å². The van der Waals surface area contributed by atoms with Crippen molar-refractivity contribution in [3.8, 4) is 6.19 Å². The molecule has 1 aliphatic rings. The lowest BCUT2D eigenvalue weighted by Gasteiger charge is -2.10. The number of nitrogens with zero attached hydrogens (tertiary/aromatic N) is 5. The average Bonchev–Trinajstić information content (AvgIpc) is 2.73. The van der Waals surface area contributed by atoms with Gasteiger partial charge in [-0.25, -0.2) is 4.99 Å². The van der Waals surface area contributed by atoms with Crippen LogP contribution in [0.2, 0.25) is 0 Å². The summed E-state index contributed by atoms with van der Waals surface area (Å²) in [6.45, 7) is 1.97. The van der Waals surface area contributed by atoms with E-state index in [0.717, 1.165) is 11.9 Å². The van der Waals surface area contributed by atoms with Crippen LogP contribution in [0, 0.1) is 18.4 Å². The predicted octanol–water partition coefficient (Wildman–Crippen LogP) is 0.691. The minimum atomic E-state index is -0.166. The van der Waals surface area contributed by atoms with Gasteiger partial charge >= 0.3 is 12.2 Å². The first-order valence-corrected chi connectivity index (χ1v) is 4.24. The van der Waals surface area contributed by atoms with Gasteiger partial charge in [0.25, 0.3) is 0 Å². The zero-order valence-electron chi connectivity index (χ0n) is 6.76. The molecule has 0 saturated heterocycles. The largest absolute Gasteiger partial charge is 0.456 e. The molecular formula is C6H5N5OS+. The van der Waals surface area contributed by atoms with Crippen molar-refractivity contribution in [2.75, 3.05) is 6.67 Å². The van der Waals surface area contributed by atoms with Crippen molar-refractivity contribution in [2.24, 2.45) is 4.99 Å². The van der Waals surface area contributed by atoms with E-state index in [1.54, 1.807) is 6.92 Å². The first-order chi connectivity index (χ1) is 6.27. The number of hydrogen-bond acceptors (Lipinski definition) is 6. The Bertz CT molecular complexity index is 384. The molecule has 1 unspecified atom stereocenters. The maximum absolute atomic E-state index is 8.95. The molecule has 0 bridgehead atoms. The molecule has 0 aliphatic carbocycles. The molecule has 1 aromatic rings. The van der Waals surface area contributed by atoms with Crippen LogP contribution < -0.4 is 3.89 Å². The van der Waals surface area contributed by atoms with Gasteiger partial charge in [0.2, 0.25) is 6.67 Å². The normalized spacial score (nSPS) is 26.2. The number of quaternary nitrogens is 1. The van der Waals surface area contributed by atoms with E-state index >= 15 is 0 Å². The zero-order chi connectivity index (χ0) is 9.31. The van der Waals surface area contributed by atoms with Gasteiger partial charge in [-0.2, -0.15) is 0 Å². The molecule has 1 atom stereocenters. The van der Waals surface area contributed by atoms with Gasteiger partial charge in [-0.3, -0.25) is 4.52 Å². The fraction of sp³-hybridized carbons (Fsp3) is 0.333. The van der Waals surface area contributed by atoms with Crippen LogP contribution in [0.25, 0.3) is 0 Å². The van der Waals surface area contributed by atoms with E-state index in [2.05, 4.69) is 26.9 Å². The van der Waals surface area contributed by atoms with Gasteiger partial charge in [-0.1, -0.05) is 9.05 Å².